The summed E-state index contributed by atoms with van der Waals surface area (Å²) in [6, 6.07) is 10.5. The van der Waals surface area contributed by atoms with Crippen molar-refractivity contribution in [2.75, 3.05) is 26.2 Å². The second-order valence-electron chi connectivity index (χ2n) is 8.05. The van der Waals surface area contributed by atoms with Crippen molar-refractivity contribution >= 4 is 27.5 Å². The van der Waals surface area contributed by atoms with Gasteiger partial charge in [-0.05, 0) is 42.3 Å². The number of benzene rings is 2. The maximum Gasteiger partial charge on any atom is 0.326 e. The summed E-state index contributed by atoms with van der Waals surface area (Å²) in [5.74, 6) is 0.539. The van der Waals surface area contributed by atoms with Crippen LogP contribution in [0, 0.1) is 5.82 Å². The molecule has 7 heteroatoms. The van der Waals surface area contributed by atoms with Crippen molar-refractivity contribution < 1.29 is 9.13 Å². The van der Waals surface area contributed by atoms with Crippen molar-refractivity contribution in [2.45, 2.75) is 12.5 Å². The molecule has 2 aliphatic heterocycles. The molecule has 0 fully saturated rings. The lowest BCUT2D eigenvalue weighted by Crippen LogP contribution is -2.40. The van der Waals surface area contributed by atoms with E-state index in [-0.39, 0.29) is 17.5 Å². The van der Waals surface area contributed by atoms with Crippen LogP contribution in [0.1, 0.15) is 18.0 Å². The van der Waals surface area contributed by atoms with Gasteiger partial charge in [0.05, 0.1) is 11.6 Å². The topological polar surface area (TPSA) is 66.0 Å². The van der Waals surface area contributed by atoms with Gasteiger partial charge >= 0.3 is 5.69 Å². The van der Waals surface area contributed by atoms with E-state index in [2.05, 4.69) is 20.9 Å². The molecule has 0 saturated heterocycles. The number of H-pyrrole nitrogens is 2. The van der Waals surface area contributed by atoms with Crippen LogP contribution in [-0.4, -0.2) is 45.7 Å². The zero-order chi connectivity index (χ0) is 20.2. The Morgan fingerprint density at radius 1 is 1.20 bits per heavy atom. The van der Waals surface area contributed by atoms with Gasteiger partial charge in [0.2, 0.25) is 0 Å². The Bertz CT molecular complexity index is 1360. The Balaban J connectivity index is 1.25. The Labute approximate surface area is 171 Å². The monoisotopic (exact) mass is 404 g/mol. The third kappa shape index (κ3) is 2.69. The third-order valence-corrected chi connectivity index (χ3v) is 6.25. The number of nitrogens with one attached hydrogen (secondary N) is 2. The largest absolute Gasteiger partial charge is 0.489 e. The quantitative estimate of drug-likeness (QED) is 0.548. The molecule has 1 unspecified atom stereocenters. The number of nitrogens with zero attached hydrogens (tertiary/aromatic N) is 2. The van der Waals surface area contributed by atoms with Gasteiger partial charge in [0.1, 0.15) is 23.7 Å². The van der Waals surface area contributed by atoms with Crippen molar-refractivity contribution in [3.63, 3.8) is 0 Å². The maximum absolute atomic E-state index is 13.7. The molecular weight excluding hydrogens is 383 g/mol. The molecule has 2 aliphatic rings. The van der Waals surface area contributed by atoms with Gasteiger partial charge in [0.15, 0.2) is 0 Å². The Hall–Kier alpha value is -3.32. The number of imidazole rings is 1. The molecule has 0 amide bonds. The molecule has 0 aliphatic carbocycles. The molecule has 2 N–H and O–H groups in total. The first-order chi connectivity index (χ1) is 14.7. The van der Waals surface area contributed by atoms with E-state index in [1.54, 1.807) is 12.1 Å². The lowest BCUT2D eigenvalue weighted by Gasteiger charge is -2.32. The smallest absolute Gasteiger partial charge is 0.326 e. The number of para-hydroxylation sites is 1. The number of rotatable bonds is 3. The molecule has 4 heterocycles. The van der Waals surface area contributed by atoms with Gasteiger partial charge in [-0.2, -0.15) is 0 Å². The van der Waals surface area contributed by atoms with Gasteiger partial charge in [0, 0.05) is 42.3 Å². The van der Waals surface area contributed by atoms with Crippen molar-refractivity contribution in [1.82, 2.24) is 19.4 Å². The Kier molecular flexibility index (Phi) is 3.86. The minimum atomic E-state index is -0.220. The molecule has 1 atom stereocenters. The number of ether oxygens (including phenoxy) is 1. The number of fused-ring (bicyclic) bond motifs is 1. The van der Waals surface area contributed by atoms with E-state index in [1.807, 2.05) is 29.0 Å². The Morgan fingerprint density at radius 3 is 3.00 bits per heavy atom. The van der Waals surface area contributed by atoms with E-state index in [0.717, 1.165) is 59.3 Å². The summed E-state index contributed by atoms with van der Waals surface area (Å²) in [5.41, 5.74) is 4.84. The molecule has 6 nitrogen and oxygen atoms in total. The molecule has 6 rings (SSSR count). The molecule has 0 bridgehead atoms. The zero-order valence-electron chi connectivity index (χ0n) is 16.3. The maximum atomic E-state index is 13.7. The van der Waals surface area contributed by atoms with Crippen LogP contribution in [0.2, 0.25) is 0 Å². The number of aromatic nitrogens is 3. The number of hydrogen-bond acceptors (Lipinski definition) is 3. The van der Waals surface area contributed by atoms with Crippen molar-refractivity contribution in [2.24, 2.45) is 0 Å². The molecule has 152 valence electrons. The normalized spacial score (nSPS) is 19.2. The van der Waals surface area contributed by atoms with Crippen LogP contribution in [-0.2, 0) is 0 Å². The fourth-order valence-electron chi connectivity index (χ4n) is 4.79. The molecular formula is C23H21FN4O2. The summed E-state index contributed by atoms with van der Waals surface area (Å²) in [4.78, 5) is 21.1. The summed E-state index contributed by atoms with van der Waals surface area (Å²) in [5, 5.41) is 0.924. The molecule has 0 saturated carbocycles. The summed E-state index contributed by atoms with van der Waals surface area (Å²) >= 11 is 0. The van der Waals surface area contributed by atoms with Crippen molar-refractivity contribution in [1.29, 1.82) is 0 Å². The molecule has 30 heavy (non-hydrogen) atoms. The third-order valence-electron chi connectivity index (χ3n) is 6.25. The second-order valence-corrected chi connectivity index (χ2v) is 8.05. The predicted molar refractivity (Wildman–Crippen MR) is 114 cm³/mol. The molecule has 2 aromatic heterocycles. The lowest BCUT2D eigenvalue weighted by atomic mass is 9.98. The molecule has 0 spiro atoms. The summed E-state index contributed by atoms with van der Waals surface area (Å²) in [7, 11) is 0. The highest BCUT2D eigenvalue weighted by atomic mass is 19.1. The van der Waals surface area contributed by atoms with E-state index in [0.29, 0.717) is 6.61 Å². The van der Waals surface area contributed by atoms with E-state index >= 15 is 0 Å². The van der Waals surface area contributed by atoms with Crippen LogP contribution < -0.4 is 10.4 Å². The minimum Gasteiger partial charge on any atom is -0.489 e. The van der Waals surface area contributed by atoms with Crippen LogP contribution in [0.4, 0.5) is 4.39 Å². The fourth-order valence-corrected chi connectivity index (χ4v) is 4.79. The van der Waals surface area contributed by atoms with E-state index in [1.165, 1.54) is 11.6 Å². The predicted octanol–water partition coefficient (Wildman–Crippen LogP) is 3.67. The Morgan fingerprint density at radius 2 is 2.13 bits per heavy atom. The fraction of sp³-hybridized carbons (Fsp3) is 0.261. The highest BCUT2D eigenvalue weighted by molar-refractivity contribution is 5.92. The second kappa shape index (κ2) is 6.60. The van der Waals surface area contributed by atoms with E-state index < -0.39 is 0 Å². The SMILES string of the molecule is O=c1[nH]c2cccc3c2n1C(CN1CC=C(c2c[nH]c4ccc(F)cc24)CC1)CO3. The summed E-state index contributed by atoms with van der Waals surface area (Å²) in [6.45, 7) is 2.90. The lowest BCUT2D eigenvalue weighted by molar-refractivity contribution is 0.176. The highest BCUT2D eigenvalue weighted by Crippen LogP contribution is 2.33. The van der Waals surface area contributed by atoms with E-state index in [4.69, 9.17) is 4.74 Å². The van der Waals surface area contributed by atoms with Gasteiger partial charge in [-0.25, -0.2) is 9.18 Å². The molecule has 0 radical (unpaired) electrons. The van der Waals surface area contributed by atoms with Crippen LogP contribution in [0.5, 0.6) is 5.75 Å². The van der Waals surface area contributed by atoms with Gasteiger partial charge in [-0.3, -0.25) is 9.47 Å². The van der Waals surface area contributed by atoms with Gasteiger partial charge in [0.25, 0.3) is 0 Å². The number of aromatic amines is 2. The average Bonchev–Trinajstić information content (AvgIpc) is 3.32. The van der Waals surface area contributed by atoms with E-state index in [9.17, 15) is 9.18 Å². The van der Waals surface area contributed by atoms with Crippen LogP contribution in [0.25, 0.3) is 27.5 Å². The van der Waals surface area contributed by atoms with Crippen molar-refractivity contribution in [3.05, 3.63) is 70.5 Å². The number of halogens is 1. The average molecular weight is 404 g/mol. The molecule has 4 aromatic rings. The van der Waals surface area contributed by atoms with Gasteiger partial charge < -0.3 is 14.7 Å². The zero-order valence-corrected chi connectivity index (χ0v) is 16.3. The van der Waals surface area contributed by atoms with Crippen LogP contribution in [0.3, 0.4) is 0 Å². The van der Waals surface area contributed by atoms with Gasteiger partial charge in [-0.15, -0.1) is 0 Å². The minimum absolute atomic E-state index is 0.0294. The number of hydrogen-bond donors (Lipinski definition) is 2. The van der Waals surface area contributed by atoms with Crippen molar-refractivity contribution in [3.8, 4) is 5.75 Å². The first-order valence-corrected chi connectivity index (χ1v) is 10.2. The summed E-state index contributed by atoms with van der Waals surface area (Å²) in [6.07, 6.45) is 5.06. The standard InChI is InChI=1S/C23H21FN4O2/c24-15-4-5-19-17(10-15)18(11-25-19)14-6-8-27(9-7-14)12-16-13-30-21-3-1-2-20-22(21)28(16)23(29)26-20/h1-6,10-11,16,25H,7-9,12-13H2,(H,26,29). The summed E-state index contributed by atoms with van der Waals surface area (Å²) < 4.78 is 21.5. The first kappa shape index (κ1) is 17.5. The van der Waals surface area contributed by atoms with Gasteiger partial charge in [-0.1, -0.05) is 12.1 Å². The van der Waals surface area contributed by atoms with Crippen LogP contribution in [0.15, 0.2) is 53.5 Å². The highest BCUT2D eigenvalue weighted by Gasteiger charge is 2.27. The first-order valence-electron chi connectivity index (χ1n) is 10.2. The van der Waals surface area contributed by atoms with Crippen LogP contribution >= 0.6 is 0 Å². The molecule has 2 aromatic carbocycles.